The lowest BCUT2D eigenvalue weighted by molar-refractivity contribution is 0.0963. The molecule has 0 aliphatic rings. The van der Waals surface area contributed by atoms with E-state index in [1.54, 1.807) is 23.0 Å². The van der Waals surface area contributed by atoms with Crippen molar-refractivity contribution >= 4 is 51.5 Å². The van der Waals surface area contributed by atoms with Gasteiger partial charge in [0.05, 0.1) is 26.2 Å². The third-order valence-corrected chi connectivity index (χ3v) is 5.93. The molecule has 0 fully saturated rings. The first-order valence-electron chi connectivity index (χ1n) is 10.3. The average Bonchev–Trinajstić information content (AvgIpc) is 3.13. The van der Waals surface area contributed by atoms with Crippen LogP contribution in [0.3, 0.4) is 0 Å². The number of nitrogens with one attached hydrogen (secondary N) is 3. The van der Waals surface area contributed by atoms with Crippen LogP contribution in [0.5, 0.6) is 0 Å². The van der Waals surface area contributed by atoms with Crippen LogP contribution in [0.2, 0.25) is 0 Å². The molecule has 10 heteroatoms. The third-order valence-electron chi connectivity index (χ3n) is 5.07. The molecule has 0 radical (unpaired) electrons. The summed E-state index contributed by atoms with van der Waals surface area (Å²) in [6.07, 6.45) is 1.68. The normalized spacial score (nSPS) is 11.0. The summed E-state index contributed by atoms with van der Waals surface area (Å²) in [4.78, 5) is 18.9. The molecule has 2 aromatic heterocycles. The minimum Gasteiger partial charge on any atom is -0.355 e. The van der Waals surface area contributed by atoms with Gasteiger partial charge in [-0.15, -0.1) is 0 Å². The fourth-order valence-electron chi connectivity index (χ4n) is 3.24. The molecule has 170 valence electrons. The molecule has 32 heavy (non-hydrogen) atoms. The number of carbonyl (C=O) groups is 1. The standard InChI is InChI=1S/C22H27FIN7O/c1-5-31(6-2)13-14-10-20(30(4)29-14)28-19-11-18(17(24)12-26-19)27-21-15(22(32)25-3)8-7-9-16(21)23/h7-12H,5-6,13H2,1-4H3,(H,25,32)(H2,26,27,28). The molecular formula is C22H27FIN7O. The van der Waals surface area contributed by atoms with Crippen LogP contribution in [-0.2, 0) is 13.6 Å². The SMILES string of the molecule is CCN(CC)Cc1cc(Nc2cc(Nc3c(F)cccc3C(=O)NC)c(I)cn2)n(C)n1. The van der Waals surface area contributed by atoms with E-state index < -0.39 is 5.82 Å². The predicted molar refractivity (Wildman–Crippen MR) is 133 cm³/mol. The van der Waals surface area contributed by atoms with Gasteiger partial charge in [0.2, 0.25) is 0 Å². The van der Waals surface area contributed by atoms with Gasteiger partial charge in [-0.05, 0) is 47.8 Å². The molecule has 0 unspecified atom stereocenters. The fraction of sp³-hybridized carbons (Fsp3) is 0.318. The number of benzene rings is 1. The van der Waals surface area contributed by atoms with E-state index in [-0.39, 0.29) is 17.2 Å². The molecule has 0 spiro atoms. The monoisotopic (exact) mass is 551 g/mol. The van der Waals surface area contributed by atoms with Crippen molar-refractivity contribution in [1.82, 2.24) is 25.0 Å². The second-order valence-corrected chi connectivity index (χ2v) is 8.31. The molecule has 0 saturated heterocycles. The van der Waals surface area contributed by atoms with E-state index in [2.05, 4.69) is 67.4 Å². The number of anilines is 4. The summed E-state index contributed by atoms with van der Waals surface area (Å²) in [6.45, 7) is 6.93. The first-order valence-corrected chi connectivity index (χ1v) is 11.4. The van der Waals surface area contributed by atoms with E-state index in [1.165, 1.54) is 19.2 Å². The zero-order valence-corrected chi connectivity index (χ0v) is 20.7. The second kappa shape index (κ2) is 10.7. The van der Waals surface area contributed by atoms with Gasteiger partial charge < -0.3 is 16.0 Å². The lowest BCUT2D eigenvalue weighted by atomic mass is 10.1. The number of hydrogen-bond acceptors (Lipinski definition) is 6. The summed E-state index contributed by atoms with van der Waals surface area (Å²) >= 11 is 2.12. The summed E-state index contributed by atoms with van der Waals surface area (Å²) in [7, 11) is 3.38. The molecule has 8 nitrogen and oxygen atoms in total. The second-order valence-electron chi connectivity index (χ2n) is 7.15. The summed E-state index contributed by atoms with van der Waals surface area (Å²) in [6, 6.07) is 8.16. The Morgan fingerprint density at radius 3 is 2.66 bits per heavy atom. The van der Waals surface area contributed by atoms with Crippen molar-refractivity contribution in [2.24, 2.45) is 7.05 Å². The van der Waals surface area contributed by atoms with Crippen LogP contribution >= 0.6 is 22.6 Å². The quantitative estimate of drug-likeness (QED) is 0.345. The Kier molecular flexibility index (Phi) is 8.02. The van der Waals surface area contributed by atoms with Crippen molar-refractivity contribution in [2.45, 2.75) is 20.4 Å². The highest BCUT2D eigenvalue weighted by atomic mass is 127. The number of pyridine rings is 1. The first-order chi connectivity index (χ1) is 15.4. The molecule has 1 amide bonds. The minimum atomic E-state index is -0.513. The van der Waals surface area contributed by atoms with E-state index in [4.69, 9.17) is 0 Å². The van der Waals surface area contributed by atoms with Gasteiger partial charge in [0.25, 0.3) is 5.91 Å². The lowest BCUT2D eigenvalue weighted by Gasteiger charge is -2.15. The van der Waals surface area contributed by atoms with Gasteiger partial charge in [0.1, 0.15) is 17.5 Å². The van der Waals surface area contributed by atoms with Gasteiger partial charge in [0, 0.05) is 39.0 Å². The van der Waals surface area contributed by atoms with E-state index in [0.29, 0.717) is 11.5 Å². The summed E-state index contributed by atoms with van der Waals surface area (Å²) in [5.41, 5.74) is 1.93. The number of aryl methyl sites for hydroxylation is 1. The number of amides is 1. The van der Waals surface area contributed by atoms with Crippen LogP contribution in [0, 0.1) is 9.39 Å². The average molecular weight is 551 g/mol. The summed E-state index contributed by atoms with van der Waals surface area (Å²) in [5, 5.41) is 13.4. The molecule has 0 aliphatic carbocycles. The maximum Gasteiger partial charge on any atom is 0.253 e. The van der Waals surface area contributed by atoms with Crippen LogP contribution in [0.1, 0.15) is 29.9 Å². The van der Waals surface area contributed by atoms with E-state index in [1.807, 2.05) is 13.1 Å². The van der Waals surface area contributed by atoms with Crippen molar-refractivity contribution in [3.63, 3.8) is 0 Å². The molecule has 1 aromatic carbocycles. The molecule has 0 saturated carbocycles. The Morgan fingerprint density at radius 2 is 1.97 bits per heavy atom. The Hall–Kier alpha value is -2.73. The van der Waals surface area contributed by atoms with E-state index in [0.717, 1.165) is 34.7 Å². The fourth-order valence-corrected chi connectivity index (χ4v) is 3.67. The molecule has 0 atom stereocenters. The van der Waals surface area contributed by atoms with Crippen LogP contribution in [-0.4, -0.2) is 45.7 Å². The molecule has 3 rings (SSSR count). The smallest absolute Gasteiger partial charge is 0.253 e. The highest BCUT2D eigenvalue weighted by Gasteiger charge is 2.16. The molecule has 2 heterocycles. The minimum absolute atomic E-state index is 0.115. The van der Waals surface area contributed by atoms with Crippen molar-refractivity contribution < 1.29 is 9.18 Å². The highest BCUT2D eigenvalue weighted by molar-refractivity contribution is 14.1. The maximum absolute atomic E-state index is 14.5. The van der Waals surface area contributed by atoms with Crippen LogP contribution < -0.4 is 16.0 Å². The zero-order valence-electron chi connectivity index (χ0n) is 18.5. The Labute approximate surface area is 200 Å². The summed E-state index contributed by atoms with van der Waals surface area (Å²) < 4.78 is 17.1. The molecule has 3 aromatic rings. The molecule has 0 aliphatic heterocycles. The number of hydrogen-bond donors (Lipinski definition) is 3. The van der Waals surface area contributed by atoms with Crippen LogP contribution in [0.15, 0.2) is 36.5 Å². The van der Waals surface area contributed by atoms with Crippen molar-refractivity contribution in [3.05, 3.63) is 57.2 Å². The van der Waals surface area contributed by atoms with Crippen molar-refractivity contribution in [1.29, 1.82) is 0 Å². The Balaban J connectivity index is 1.85. The molecule has 0 bridgehead atoms. The van der Waals surface area contributed by atoms with Gasteiger partial charge in [-0.1, -0.05) is 19.9 Å². The summed E-state index contributed by atoms with van der Waals surface area (Å²) in [5.74, 6) is 0.484. The molecule has 3 N–H and O–H groups in total. The van der Waals surface area contributed by atoms with E-state index in [9.17, 15) is 9.18 Å². The van der Waals surface area contributed by atoms with Gasteiger partial charge >= 0.3 is 0 Å². The van der Waals surface area contributed by atoms with Crippen LogP contribution in [0.25, 0.3) is 0 Å². The number of para-hydroxylation sites is 1. The van der Waals surface area contributed by atoms with Gasteiger partial charge in [-0.25, -0.2) is 9.37 Å². The number of carbonyl (C=O) groups excluding carboxylic acids is 1. The predicted octanol–water partition coefficient (Wildman–Crippen LogP) is 4.25. The lowest BCUT2D eigenvalue weighted by Crippen LogP contribution is -2.22. The van der Waals surface area contributed by atoms with Gasteiger partial charge in [0.15, 0.2) is 0 Å². The number of nitrogens with zero attached hydrogens (tertiary/aromatic N) is 4. The number of rotatable bonds is 9. The number of aromatic nitrogens is 3. The largest absolute Gasteiger partial charge is 0.355 e. The zero-order chi connectivity index (χ0) is 23.3. The van der Waals surface area contributed by atoms with Crippen molar-refractivity contribution in [3.8, 4) is 0 Å². The van der Waals surface area contributed by atoms with Gasteiger partial charge in [-0.3, -0.25) is 14.4 Å². The highest BCUT2D eigenvalue weighted by Crippen LogP contribution is 2.29. The third kappa shape index (κ3) is 5.54. The number of halogens is 2. The van der Waals surface area contributed by atoms with E-state index >= 15 is 0 Å². The van der Waals surface area contributed by atoms with Crippen LogP contribution in [0.4, 0.5) is 27.4 Å². The Bertz CT molecular complexity index is 1100. The first kappa shape index (κ1) is 23.9. The van der Waals surface area contributed by atoms with Gasteiger partial charge in [-0.2, -0.15) is 5.10 Å². The Morgan fingerprint density at radius 1 is 1.22 bits per heavy atom. The van der Waals surface area contributed by atoms with Crippen molar-refractivity contribution in [2.75, 3.05) is 30.8 Å². The topological polar surface area (TPSA) is 87.1 Å². The maximum atomic E-state index is 14.5. The molecular weight excluding hydrogens is 524 g/mol.